The van der Waals surface area contributed by atoms with Crippen LogP contribution in [0.2, 0.25) is 0 Å². The Balaban J connectivity index is 1.82. The van der Waals surface area contributed by atoms with Crippen LogP contribution in [0.3, 0.4) is 0 Å². The average molecular weight is 238 g/mol. The summed E-state index contributed by atoms with van der Waals surface area (Å²) in [6.07, 6.45) is 1.42. The normalized spacial score (nSPS) is 14.8. The van der Waals surface area contributed by atoms with E-state index in [4.69, 9.17) is 9.47 Å². The third-order valence-electron chi connectivity index (χ3n) is 2.43. The molecular weight excluding hydrogens is 226 g/mol. The maximum atomic E-state index is 11.2. The predicted molar refractivity (Wildman–Crippen MR) is 58.5 cm³/mol. The third kappa shape index (κ3) is 3.70. The first kappa shape index (κ1) is 11.8. The van der Waals surface area contributed by atoms with Gasteiger partial charge in [0.15, 0.2) is 0 Å². The lowest BCUT2D eigenvalue weighted by Gasteiger charge is -2.24. The van der Waals surface area contributed by atoms with Gasteiger partial charge in [-0.1, -0.05) is 0 Å². The Bertz CT molecular complexity index is 385. The molecule has 0 spiro atoms. The van der Waals surface area contributed by atoms with E-state index in [2.05, 4.69) is 0 Å². The van der Waals surface area contributed by atoms with Crippen LogP contribution in [0.15, 0.2) is 24.3 Å². The molecule has 1 aromatic rings. The van der Waals surface area contributed by atoms with E-state index < -0.39 is 11.4 Å². The van der Waals surface area contributed by atoms with Gasteiger partial charge in [0.25, 0.3) is 0 Å². The fourth-order valence-corrected chi connectivity index (χ4v) is 1.26. The molecule has 0 saturated heterocycles. The number of rotatable bonds is 4. The highest BCUT2D eigenvalue weighted by atomic mass is 16.8. The van der Waals surface area contributed by atoms with Crippen molar-refractivity contribution in [3.05, 3.63) is 34.7 Å². The minimum atomic E-state index is -1.27. The molecule has 0 bridgehead atoms. The summed E-state index contributed by atoms with van der Waals surface area (Å²) >= 11 is 0. The molecule has 6 nitrogen and oxygen atoms in total. The molecule has 1 fully saturated rings. The zero-order valence-corrected chi connectivity index (χ0v) is 9.05. The second kappa shape index (κ2) is 5.13. The Morgan fingerprint density at radius 1 is 1.29 bits per heavy atom. The van der Waals surface area contributed by atoms with Crippen molar-refractivity contribution < 1.29 is 19.5 Å². The lowest BCUT2D eigenvalue weighted by Crippen LogP contribution is -2.96. The molecule has 1 saturated carbocycles. The molecule has 2 rings (SSSR count). The molecule has 0 heterocycles. The van der Waals surface area contributed by atoms with E-state index in [1.807, 2.05) is 0 Å². The molecule has 0 atom stereocenters. The number of hydrogen-bond acceptors (Lipinski definition) is 5. The summed E-state index contributed by atoms with van der Waals surface area (Å²) in [5.74, 6) is 0.721. The van der Waals surface area contributed by atoms with Crippen LogP contribution in [-0.2, 0) is 4.74 Å². The van der Waals surface area contributed by atoms with E-state index in [1.54, 1.807) is 0 Å². The standard InChI is InChI=1S/C11H12NO5/c13-11(16-7-8-1-2-8)17-10-5-3-9(4-6-10)12(14)15/h3-6,8,12H,1-2,7H2/q-1. The highest BCUT2D eigenvalue weighted by Gasteiger charge is 2.23. The van der Waals surface area contributed by atoms with E-state index in [1.165, 1.54) is 24.3 Å². The van der Waals surface area contributed by atoms with Crippen LogP contribution < -0.4 is 9.96 Å². The quantitative estimate of drug-likeness (QED) is 0.482. The molecule has 1 aromatic carbocycles. The molecule has 1 N–H and O–H groups in total. The summed E-state index contributed by atoms with van der Waals surface area (Å²) in [6, 6.07) is 5.37. The van der Waals surface area contributed by atoms with Gasteiger partial charge in [0.05, 0.1) is 6.61 Å². The number of quaternary nitrogens is 1. The number of benzene rings is 1. The Labute approximate surface area is 97.9 Å². The highest BCUT2D eigenvalue weighted by Crippen LogP contribution is 2.28. The first-order chi connectivity index (χ1) is 8.15. The van der Waals surface area contributed by atoms with Gasteiger partial charge >= 0.3 is 6.16 Å². The second-order valence-electron chi connectivity index (χ2n) is 3.92. The van der Waals surface area contributed by atoms with Gasteiger partial charge in [-0.25, -0.2) is 4.79 Å². The van der Waals surface area contributed by atoms with Gasteiger partial charge in [0, 0.05) is 12.1 Å². The molecule has 1 aliphatic carbocycles. The highest BCUT2D eigenvalue weighted by molar-refractivity contribution is 5.64. The molecule has 0 amide bonds. The van der Waals surface area contributed by atoms with Gasteiger partial charge < -0.3 is 25.1 Å². The molecule has 0 radical (unpaired) electrons. The molecule has 6 heteroatoms. The number of carbonyl (C=O) groups excluding carboxylic acids is 1. The summed E-state index contributed by atoms with van der Waals surface area (Å²) in [4.78, 5) is 11.2. The SMILES string of the molecule is O=C(OCC1CC1)Oc1ccc([NH+]([O-])[O-])cc1. The van der Waals surface area contributed by atoms with E-state index in [0.717, 1.165) is 12.8 Å². The Hall–Kier alpha value is -1.63. The molecule has 0 aromatic heterocycles. The van der Waals surface area contributed by atoms with Gasteiger partial charge in [-0.3, -0.25) is 0 Å². The van der Waals surface area contributed by atoms with E-state index in [9.17, 15) is 15.2 Å². The van der Waals surface area contributed by atoms with Gasteiger partial charge in [0.1, 0.15) is 11.4 Å². The maximum absolute atomic E-state index is 11.2. The third-order valence-corrected chi connectivity index (χ3v) is 2.43. The number of hydrogen-bond donors (Lipinski definition) is 1. The van der Waals surface area contributed by atoms with Crippen molar-refractivity contribution in [3.8, 4) is 5.75 Å². The lowest BCUT2D eigenvalue weighted by atomic mass is 10.3. The summed E-state index contributed by atoms with van der Waals surface area (Å²) in [7, 11) is 0. The van der Waals surface area contributed by atoms with E-state index in [0.29, 0.717) is 12.5 Å². The summed E-state index contributed by atoms with van der Waals surface area (Å²) in [6.45, 7) is 0.385. The van der Waals surface area contributed by atoms with Crippen molar-refractivity contribution in [1.29, 1.82) is 0 Å². The van der Waals surface area contributed by atoms with Crippen LogP contribution in [0, 0.1) is 16.3 Å². The van der Waals surface area contributed by atoms with Crippen molar-refractivity contribution in [2.45, 2.75) is 12.8 Å². The minimum Gasteiger partial charge on any atom is -0.628 e. The van der Waals surface area contributed by atoms with Crippen LogP contribution in [0.4, 0.5) is 10.5 Å². The van der Waals surface area contributed by atoms with E-state index in [-0.39, 0.29) is 11.4 Å². The first-order valence-electron chi connectivity index (χ1n) is 5.31. The Kier molecular flexibility index (Phi) is 3.58. The van der Waals surface area contributed by atoms with Crippen LogP contribution in [-0.4, -0.2) is 12.8 Å². The molecule has 0 unspecified atom stereocenters. The smallest absolute Gasteiger partial charge is 0.513 e. The summed E-state index contributed by atoms with van der Waals surface area (Å²) in [5, 5.41) is 19.7. The van der Waals surface area contributed by atoms with Crippen LogP contribution in [0.1, 0.15) is 12.8 Å². The zero-order chi connectivity index (χ0) is 12.3. The zero-order valence-electron chi connectivity index (χ0n) is 9.05. The summed E-state index contributed by atoms with van der Waals surface area (Å²) in [5.41, 5.74) is 0.0312. The molecule has 1 aliphatic rings. The molecule has 0 aliphatic heterocycles. The Morgan fingerprint density at radius 3 is 2.47 bits per heavy atom. The van der Waals surface area contributed by atoms with Crippen LogP contribution in [0.25, 0.3) is 0 Å². The van der Waals surface area contributed by atoms with Crippen molar-refractivity contribution in [2.24, 2.45) is 5.92 Å². The fraction of sp³-hybridized carbons (Fsp3) is 0.364. The topological polar surface area (TPSA) is 86.1 Å². The van der Waals surface area contributed by atoms with E-state index >= 15 is 0 Å². The first-order valence-corrected chi connectivity index (χ1v) is 5.31. The van der Waals surface area contributed by atoms with Crippen molar-refractivity contribution >= 4 is 11.8 Å². The maximum Gasteiger partial charge on any atom is 0.513 e. The molecule has 17 heavy (non-hydrogen) atoms. The molecular formula is C11H12NO5-. The van der Waals surface area contributed by atoms with Gasteiger partial charge in [0.2, 0.25) is 0 Å². The number of nitrogens with one attached hydrogen (secondary N) is 1. The number of ether oxygens (including phenoxy) is 2. The van der Waals surface area contributed by atoms with Crippen molar-refractivity contribution in [1.82, 2.24) is 0 Å². The average Bonchev–Trinajstić information content (AvgIpc) is 3.11. The Morgan fingerprint density at radius 2 is 1.94 bits per heavy atom. The van der Waals surface area contributed by atoms with Crippen molar-refractivity contribution in [3.63, 3.8) is 0 Å². The largest absolute Gasteiger partial charge is 0.628 e. The minimum absolute atomic E-state index is 0.0312. The van der Waals surface area contributed by atoms with Crippen LogP contribution in [0.5, 0.6) is 5.75 Å². The summed E-state index contributed by atoms with van der Waals surface area (Å²) < 4.78 is 9.71. The second-order valence-corrected chi connectivity index (χ2v) is 3.92. The van der Waals surface area contributed by atoms with Crippen molar-refractivity contribution in [2.75, 3.05) is 6.61 Å². The number of carbonyl (C=O) groups is 1. The van der Waals surface area contributed by atoms with Gasteiger partial charge in [-0.05, 0) is 30.9 Å². The van der Waals surface area contributed by atoms with Gasteiger partial charge in [-0.2, -0.15) is 0 Å². The molecule has 92 valence electrons. The van der Waals surface area contributed by atoms with Gasteiger partial charge in [-0.15, -0.1) is 0 Å². The monoisotopic (exact) mass is 238 g/mol. The lowest BCUT2D eigenvalue weighted by molar-refractivity contribution is -0.715. The van der Waals surface area contributed by atoms with Crippen LogP contribution >= 0.6 is 0 Å². The predicted octanol–water partition coefficient (Wildman–Crippen LogP) is 1.12. The fourth-order valence-electron chi connectivity index (χ4n) is 1.26.